The van der Waals surface area contributed by atoms with Gasteiger partial charge in [0, 0.05) is 42.1 Å². The first-order valence-corrected chi connectivity index (χ1v) is 18.2. The van der Waals surface area contributed by atoms with Crippen LogP contribution in [-0.4, -0.2) is 11.3 Å². The Morgan fingerprint density at radius 3 is 1.84 bits per heavy atom. The molecule has 2 aliphatic rings. The van der Waals surface area contributed by atoms with Gasteiger partial charge in [-0.1, -0.05) is 103 Å². The summed E-state index contributed by atoms with van der Waals surface area (Å²) >= 11 is 1.82. The van der Waals surface area contributed by atoms with Gasteiger partial charge in [-0.05, 0) is 87.4 Å². The van der Waals surface area contributed by atoms with Crippen molar-refractivity contribution in [2.45, 2.75) is 0 Å². The van der Waals surface area contributed by atoms with Crippen molar-refractivity contribution in [1.29, 1.82) is 0 Å². The third-order valence-electron chi connectivity index (χ3n) is 10.9. The summed E-state index contributed by atoms with van der Waals surface area (Å²) < 4.78 is 18.7. The standard InChI is InChI=1S/C46H26BNO2S/c1-2-10-31-28(9-1)19-22-39-45(31)47-36-25-35-34-13-5-8-16-43(34)51-44(35)26-40(36)50-42-24-29(23-41(49-39)46(42)47)27-17-20-30(21-18-27)48-37-14-6-3-11-32(37)33-12-4-7-15-38(33)48/h1-26H. The van der Waals surface area contributed by atoms with Crippen LogP contribution in [-0.2, 0) is 0 Å². The van der Waals surface area contributed by atoms with Gasteiger partial charge in [0.1, 0.15) is 23.0 Å². The fourth-order valence-electron chi connectivity index (χ4n) is 8.66. The van der Waals surface area contributed by atoms with Crippen LogP contribution in [0.5, 0.6) is 23.0 Å². The summed E-state index contributed by atoms with van der Waals surface area (Å²) in [6.45, 7) is -0.0246. The Morgan fingerprint density at radius 1 is 0.431 bits per heavy atom. The molecule has 0 unspecified atom stereocenters. The van der Waals surface area contributed by atoms with Crippen LogP contribution in [0.3, 0.4) is 0 Å². The van der Waals surface area contributed by atoms with Crippen molar-refractivity contribution in [2.75, 3.05) is 0 Å². The number of ether oxygens (including phenoxy) is 2. The summed E-state index contributed by atoms with van der Waals surface area (Å²) in [7, 11) is 0. The molecule has 0 N–H and O–H groups in total. The predicted molar refractivity (Wildman–Crippen MR) is 214 cm³/mol. The largest absolute Gasteiger partial charge is 0.458 e. The molecule has 0 spiro atoms. The lowest BCUT2D eigenvalue weighted by Gasteiger charge is -2.34. The van der Waals surface area contributed by atoms with Crippen molar-refractivity contribution in [3.8, 4) is 39.8 Å². The quantitative estimate of drug-likeness (QED) is 0.171. The fourth-order valence-corrected chi connectivity index (χ4v) is 9.78. The van der Waals surface area contributed by atoms with Gasteiger partial charge < -0.3 is 14.0 Å². The Morgan fingerprint density at radius 2 is 1.08 bits per heavy atom. The zero-order valence-corrected chi connectivity index (χ0v) is 28.1. The van der Waals surface area contributed by atoms with E-state index in [9.17, 15) is 0 Å². The van der Waals surface area contributed by atoms with Crippen molar-refractivity contribution in [1.82, 2.24) is 4.57 Å². The SMILES string of the molecule is c1ccc2c3c(ccc2c1)Oc1cc(-c2ccc(-n4c5ccccc5c5ccccc54)cc2)cc2c1B3c1cc3c(cc1O2)sc1ccccc13. The van der Waals surface area contributed by atoms with Crippen LogP contribution in [0.15, 0.2) is 158 Å². The van der Waals surface area contributed by atoms with Gasteiger partial charge >= 0.3 is 0 Å². The highest BCUT2D eigenvalue weighted by Gasteiger charge is 2.42. The maximum Gasteiger partial charge on any atom is 0.261 e. The van der Waals surface area contributed by atoms with Crippen LogP contribution in [0.4, 0.5) is 0 Å². The van der Waals surface area contributed by atoms with E-state index in [4.69, 9.17) is 9.47 Å². The number of para-hydroxylation sites is 2. The number of fused-ring (bicyclic) bond motifs is 12. The summed E-state index contributed by atoms with van der Waals surface area (Å²) in [6, 6.07) is 56.8. The van der Waals surface area contributed by atoms with Gasteiger partial charge in [-0.15, -0.1) is 11.3 Å². The minimum Gasteiger partial charge on any atom is -0.458 e. The number of nitrogens with zero attached hydrogens (tertiary/aromatic N) is 1. The van der Waals surface area contributed by atoms with Crippen LogP contribution in [0.1, 0.15) is 0 Å². The van der Waals surface area contributed by atoms with Crippen molar-refractivity contribution in [2.24, 2.45) is 0 Å². The number of hydrogen-bond donors (Lipinski definition) is 0. The average molecular weight is 668 g/mol. The molecule has 8 aromatic carbocycles. The number of thiophene rings is 1. The number of benzene rings is 8. The van der Waals surface area contributed by atoms with E-state index in [1.165, 1.54) is 63.7 Å². The average Bonchev–Trinajstić information content (AvgIpc) is 3.72. The molecule has 0 bridgehead atoms. The summed E-state index contributed by atoms with van der Waals surface area (Å²) in [5, 5.41) is 7.50. The fraction of sp³-hybridized carbons (Fsp3) is 0. The van der Waals surface area contributed by atoms with Gasteiger partial charge in [-0.3, -0.25) is 0 Å². The molecule has 236 valence electrons. The molecule has 0 saturated carbocycles. The zero-order chi connectivity index (χ0) is 33.2. The smallest absolute Gasteiger partial charge is 0.261 e. The molecule has 0 saturated heterocycles. The monoisotopic (exact) mass is 667 g/mol. The Hall–Kier alpha value is -6.30. The first-order chi connectivity index (χ1) is 25.3. The molecular weight excluding hydrogens is 641 g/mol. The highest BCUT2D eigenvalue weighted by molar-refractivity contribution is 7.26. The van der Waals surface area contributed by atoms with Crippen LogP contribution in [0.2, 0.25) is 0 Å². The summed E-state index contributed by atoms with van der Waals surface area (Å²) in [5.74, 6) is 3.52. The molecule has 3 nitrogen and oxygen atoms in total. The van der Waals surface area contributed by atoms with E-state index >= 15 is 0 Å². The van der Waals surface area contributed by atoms with Crippen LogP contribution < -0.4 is 25.9 Å². The highest BCUT2D eigenvalue weighted by Crippen LogP contribution is 2.43. The first kappa shape index (κ1) is 27.5. The zero-order valence-electron chi connectivity index (χ0n) is 27.3. The lowest BCUT2D eigenvalue weighted by Crippen LogP contribution is -2.57. The Labute approximate surface area is 297 Å². The lowest BCUT2D eigenvalue weighted by atomic mass is 9.34. The molecule has 5 heteroatoms. The molecule has 0 atom stereocenters. The van der Waals surface area contributed by atoms with Crippen molar-refractivity contribution >= 4 is 87.2 Å². The molecule has 4 heterocycles. The van der Waals surface area contributed by atoms with Gasteiger partial charge in [-0.25, -0.2) is 0 Å². The van der Waals surface area contributed by atoms with E-state index < -0.39 is 0 Å². The second-order valence-corrected chi connectivity index (χ2v) is 14.7. The number of rotatable bonds is 2. The van der Waals surface area contributed by atoms with Crippen LogP contribution >= 0.6 is 11.3 Å². The Bertz CT molecular complexity index is 3050. The highest BCUT2D eigenvalue weighted by atomic mass is 32.1. The van der Waals surface area contributed by atoms with E-state index in [0.717, 1.165) is 45.3 Å². The van der Waals surface area contributed by atoms with Crippen LogP contribution in [0, 0.1) is 0 Å². The van der Waals surface area contributed by atoms with Crippen LogP contribution in [0.25, 0.3) is 69.6 Å². The third-order valence-corrected chi connectivity index (χ3v) is 12.0. The molecule has 0 fully saturated rings. The van der Waals surface area contributed by atoms with E-state index in [1.54, 1.807) is 0 Å². The van der Waals surface area contributed by atoms with Crippen molar-refractivity contribution in [3.63, 3.8) is 0 Å². The topological polar surface area (TPSA) is 23.4 Å². The van der Waals surface area contributed by atoms with E-state index in [-0.39, 0.29) is 6.71 Å². The van der Waals surface area contributed by atoms with Gasteiger partial charge in [0.05, 0.1) is 11.0 Å². The molecule has 2 aromatic heterocycles. The molecule has 0 amide bonds. The van der Waals surface area contributed by atoms with Gasteiger partial charge in [0.25, 0.3) is 6.71 Å². The minimum atomic E-state index is -0.0246. The van der Waals surface area contributed by atoms with Gasteiger partial charge in [0.15, 0.2) is 0 Å². The molecule has 12 rings (SSSR count). The van der Waals surface area contributed by atoms with Gasteiger partial charge in [-0.2, -0.15) is 0 Å². The second-order valence-electron chi connectivity index (χ2n) is 13.6. The maximum absolute atomic E-state index is 6.92. The van der Waals surface area contributed by atoms with Crippen molar-refractivity contribution in [3.05, 3.63) is 158 Å². The third kappa shape index (κ3) is 3.84. The van der Waals surface area contributed by atoms with Gasteiger partial charge in [0.2, 0.25) is 0 Å². The number of hydrogen-bond acceptors (Lipinski definition) is 3. The Balaban J connectivity index is 1.05. The summed E-state index contributed by atoms with van der Waals surface area (Å²) in [5.41, 5.74) is 9.19. The van der Waals surface area contributed by atoms with Crippen molar-refractivity contribution < 1.29 is 9.47 Å². The normalized spacial score (nSPS) is 13.0. The van der Waals surface area contributed by atoms with E-state index in [0.29, 0.717) is 0 Å². The van der Waals surface area contributed by atoms with E-state index in [2.05, 4.69) is 162 Å². The molecular formula is C46H26BNO2S. The second kappa shape index (κ2) is 10.1. The summed E-state index contributed by atoms with van der Waals surface area (Å²) in [6.07, 6.45) is 0. The first-order valence-electron chi connectivity index (χ1n) is 17.4. The van der Waals surface area contributed by atoms with E-state index in [1.807, 2.05) is 11.3 Å². The molecule has 0 aliphatic carbocycles. The molecule has 2 aliphatic heterocycles. The minimum absolute atomic E-state index is 0.0246. The maximum atomic E-state index is 6.92. The predicted octanol–water partition coefficient (Wildman–Crippen LogP) is 10.7. The molecule has 0 radical (unpaired) electrons. The number of aromatic nitrogens is 1. The summed E-state index contributed by atoms with van der Waals surface area (Å²) in [4.78, 5) is 0. The molecule has 10 aromatic rings. The molecule has 51 heavy (non-hydrogen) atoms. The Kier molecular flexibility index (Phi) is 5.47. The lowest BCUT2D eigenvalue weighted by molar-refractivity contribution is 0.465.